The van der Waals surface area contributed by atoms with Crippen LogP contribution in [0.1, 0.15) is 17.2 Å². The lowest BCUT2D eigenvalue weighted by Crippen LogP contribution is -2.18. The van der Waals surface area contributed by atoms with Crippen LogP contribution < -0.4 is 5.32 Å². The second-order valence-corrected chi connectivity index (χ2v) is 4.38. The third kappa shape index (κ3) is 3.39. The van der Waals surface area contributed by atoms with Crippen molar-refractivity contribution in [3.8, 4) is 0 Å². The molecule has 0 aliphatic carbocycles. The van der Waals surface area contributed by atoms with Gasteiger partial charge < -0.3 is 5.32 Å². The van der Waals surface area contributed by atoms with Gasteiger partial charge in [0.1, 0.15) is 0 Å². The molecule has 1 N–H and O–H groups in total. The van der Waals surface area contributed by atoms with Crippen LogP contribution in [0.2, 0.25) is 0 Å². The number of nitro benzene ring substituents is 1. The molecular weight excluding hydrogens is 240 g/mol. The highest BCUT2D eigenvalue weighted by atomic mass is 16.6. The topological polar surface area (TPSA) is 55.2 Å². The molecular formula is C15H16N2O2. The number of hydrogen-bond donors (Lipinski definition) is 1. The van der Waals surface area contributed by atoms with Crippen molar-refractivity contribution in [3.05, 3.63) is 75.8 Å². The van der Waals surface area contributed by atoms with Crippen LogP contribution in [0.25, 0.3) is 0 Å². The average Bonchev–Trinajstić information content (AvgIpc) is 2.46. The van der Waals surface area contributed by atoms with E-state index >= 15 is 0 Å². The fraction of sp³-hybridized carbons (Fsp3) is 0.200. The number of benzene rings is 2. The molecule has 0 aliphatic rings. The minimum atomic E-state index is -0.378. The van der Waals surface area contributed by atoms with Crippen molar-refractivity contribution in [2.75, 3.05) is 7.05 Å². The SMILES string of the molecule is CNC(Cc1ccc([N+](=O)[O-])cc1)c1ccccc1. The van der Waals surface area contributed by atoms with Gasteiger partial charge in [-0.1, -0.05) is 42.5 Å². The molecule has 4 heteroatoms. The Hall–Kier alpha value is -2.20. The minimum absolute atomic E-state index is 0.129. The fourth-order valence-corrected chi connectivity index (χ4v) is 2.06. The summed E-state index contributed by atoms with van der Waals surface area (Å²) in [6.45, 7) is 0. The van der Waals surface area contributed by atoms with Gasteiger partial charge in [-0.05, 0) is 24.6 Å². The predicted octanol–water partition coefficient (Wildman–Crippen LogP) is 3.10. The maximum Gasteiger partial charge on any atom is 0.269 e. The lowest BCUT2D eigenvalue weighted by atomic mass is 9.99. The smallest absolute Gasteiger partial charge is 0.269 e. The van der Waals surface area contributed by atoms with E-state index in [4.69, 9.17) is 0 Å². The van der Waals surface area contributed by atoms with Gasteiger partial charge in [-0.15, -0.1) is 0 Å². The maximum absolute atomic E-state index is 10.6. The van der Waals surface area contributed by atoms with Crippen LogP contribution in [-0.4, -0.2) is 12.0 Å². The Labute approximate surface area is 112 Å². The van der Waals surface area contributed by atoms with Crippen LogP contribution >= 0.6 is 0 Å². The first-order chi connectivity index (χ1) is 9.20. The van der Waals surface area contributed by atoms with E-state index in [9.17, 15) is 10.1 Å². The quantitative estimate of drug-likeness (QED) is 0.660. The van der Waals surface area contributed by atoms with Gasteiger partial charge in [-0.2, -0.15) is 0 Å². The Balaban J connectivity index is 2.12. The van der Waals surface area contributed by atoms with Crippen molar-refractivity contribution >= 4 is 5.69 Å². The highest BCUT2D eigenvalue weighted by molar-refractivity contribution is 5.34. The summed E-state index contributed by atoms with van der Waals surface area (Å²) in [5.41, 5.74) is 2.42. The Morgan fingerprint density at radius 2 is 1.74 bits per heavy atom. The lowest BCUT2D eigenvalue weighted by Gasteiger charge is -2.16. The molecule has 1 unspecified atom stereocenters. The molecule has 0 fully saturated rings. The van der Waals surface area contributed by atoms with Crippen molar-refractivity contribution in [2.45, 2.75) is 12.5 Å². The van der Waals surface area contributed by atoms with Gasteiger partial charge in [0.15, 0.2) is 0 Å². The molecule has 1 atom stereocenters. The van der Waals surface area contributed by atoms with E-state index in [0.29, 0.717) is 0 Å². The van der Waals surface area contributed by atoms with Crippen molar-refractivity contribution < 1.29 is 4.92 Å². The van der Waals surface area contributed by atoms with Gasteiger partial charge in [0, 0.05) is 18.2 Å². The molecule has 0 bridgehead atoms. The first kappa shape index (κ1) is 13.2. The van der Waals surface area contributed by atoms with Gasteiger partial charge in [0.25, 0.3) is 5.69 Å². The molecule has 4 nitrogen and oxygen atoms in total. The molecule has 98 valence electrons. The average molecular weight is 256 g/mol. The summed E-state index contributed by atoms with van der Waals surface area (Å²) in [5.74, 6) is 0. The largest absolute Gasteiger partial charge is 0.313 e. The Morgan fingerprint density at radius 3 is 2.26 bits per heavy atom. The second kappa shape index (κ2) is 6.11. The Bertz CT molecular complexity index is 538. The van der Waals surface area contributed by atoms with Crippen LogP contribution in [0.3, 0.4) is 0 Å². The summed E-state index contributed by atoms with van der Waals surface area (Å²) < 4.78 is 0. The van der Waals surface area contributed by atoms with E-state index in [1.165, 1.54) is 5.56 Å². The van der Waals surface area contributed by atoms with Gasteiger partial charge in [-0.25, -0.2) is 0 Å². The first-order valence-electron chi connectivity index (χ1n) is 6.16. The molecule has 2 aromatic rings. The van der Waals surface area contributed by atoms with E-state index < -0.39 is 0 Å². The van der Waals surface area contributed by atoms with Crippen LogP contribution in [0.4, 0.5) is 5.69 Å². The third-order valence-corrected chi connectivity index (χ3v) is 3.14. The summed E-state index contributed by atoms with van der Waals surface area (Å²) in [5, 5.41) is 13.9. The first-order valence-corrected chi connectivity index (χ1v) is 6.16. The molecule has 0 aromatic heterocycles. The highest BCUT2D eigenvalue weighted by Crippen LogP contribution is 2.19. The molecule has 0 saturated heterocycles. The van der Waals surface area contributed by atoms with Crippen LogP contribution in [0.5, 0.6) is 0 Å². The molecule has 0 amide bonds. The summed E-state index contributed by atoms with van der Waals surface area (Å²) in [7, 11) is 1.92. The number of hydrogen-bond acceptors (Lipinski definition) is 3. The normalized spacial score (nSPS) is 12.1. The molecule has 0 saturated carbocycles. The lowest BCUT2D eigenvalue weighted by molar-refractivity contribution is -0.384. The molecule has 0 spiro atoms. The van der Waals surface area contributed by atoms with E-state index in [1.54, 1.807) is 12.1 Å². The molecule has 2 aromatic carbocycles. The molecule has 0 aliphatic heterocycles. The number of likely N-dealkylation sites (N-methyl/N-ethyl adjacent to an activating group) is 1. The highest BCUT2D eigenvalue weighted by Gasteiger charge is 2.11. The van der Waals surface area contributed by atoms with Crippen LogP contribution in [-0.2, 0) is 6.42 Å². The zero-order chi connectivity index (χ0) is 13.7. The third-order valence-electron chi connectivity index (χ3n) is 3.14. The van der Waals surface area contributed by atoms with E-state index in [-0.39, 0.29) is 16.7 Å². The zero-order valence-electron chi connectivity index (χ0n) is 10.7. The molecule has 19 heavy (non-hydrogen) atoms. The number of nitrogens with zero attached hydrogens (tertiary/aromatic N) is 1. The summed E-state index contributed by atoms with van der Waals surface area (Å²) >= 11 is 0. The Morgan fingerprint density at radius 1 is 1.11 bits per heavy atom. The number of nitrogens with one attached hydrogen (secondary N) is 1. The van der Waals surface area contributed by atoms with E-state index in [0.717, 1.165) is 12.0 Å². The minimum Gasteiger partial charge on any atom is -0.313 e. The summed E-state index contributed by atoms with van der Waals surface area (Å²) in [6.07, 6.45) is 0.804. The predicted molar refractivity (Wildman–Crippen MR) is 75.0 cm³/mol. The monoisotopic (exact) mass is 256 g/mol. The summed E-state index contributed by atoms with van der Waals surface area (Å²) in [6, 6.07) is 17.1. The number of non-ortho nitro benzene ring substituents is 1. The number of nitro groups is 1. The molecule has 2 rings (SSSR count). The van der Waals surface area contributed by atoms with Crippen molar-refractivity contribution in [1.82, 2.24) is 5.32 Å². The van der Waals surface area contributed by atoms with Gasteiger partial charge >= 0.3 is 0 Å². The summed E-state index contributed by atoms with van der Waals surface area (Å²) in [4.78, 5) is 10.2. The van der Waals surface area contributed by atoms with Gasteiger partial charge in [-0.3, -0.25) is 10.1 Å². The maximum atomic E-state index is 10.6. The van der Waals surface area contributed by atoms with Crippen LogP contribution in [0, 0.1) is 10.1 Å². The molecule has 0 radical (unpaired) electrons. The van der Waals surface area contributed by atoms with Gasteiger partial charge in [0.2, 0.25) is 0 Å². The second-order valence-electron chi connectivity index (χ2n) is 4.38. The standard InChI is InChI=1S/C15H16N2O2/c1-16-15(13-5-3-2-4-6-13)11-12-7-9-14(10-8-12)17(18)19/h2-10,15-16H,11H2,1H3. The van der Waals surface area contributed by atoms with Crippen molar-refractivity contribution in [2.24, 2.45) is 0 Å². The van der Waals surface area contributed by atoms with E-state index in [2.05, 4.69) is 17.4 Å². The van der Waals surface area contributed by atoms with Crippen molar-refractivity contribution in [1.29, 1.82) is 0 Å². The van der Waals surface area contributed by atoms with Gasteiger partial charge in [0.05, 0.1) is 4.92 Å². The molecule has 0 heterocycles. The number of rotatable bonds is 5. The Kier molecular flexibility index (Phi) is 4.26. The van der Waals surface area contributed by atoms with Crippen molar-refractivity contribution in [3.63, 3.8) is 0 Å². The zero-order valence-corrected chi connectivity index (χ0v) is 10.7. The van der Waals surface area contributed by atoms with Crippen LogP contribution in [0.15, 0.2) is 54.6 Å². The van der Waals surface area contributed by atoms with E-state index in [1.807, 2.05) is 37.4 Å². The fourth-order valence-electron chi connectivity index (χ4n) is 2.06.